The molecule has 0 spiro atoms. The lowest BCUT2D eigenvalue weighted by molar-refractivity contribution is -0.152. The van der Waals surface area contributed by atoms with Crippen LogP contribution in [0.15, 0.2) is 60.7 Å². The van der Waals surface area contributed by atoms with Crippen molar-refractivity contribution >= 4 is 26.1 Å². The number of rotatable bonds is 17. The number of ether oxygens (including phenoxy) is 7. The summed E-state index contributed by atoms with van der Waals surface area (Å²) in [6, 6.07) is 12.9. The number of aliphatic hydroxyl groups is 1. The van der Waals surface area contributed by atoms with Gasteiger partial charge in [0.1, 0.15) is 29.3 Å². The SMILES string of the molecule is COCOc1cc(OC)cc(/C=C/C[C@H]2OC(C)(C)O[C@@H]2C(/C=C\[C@@H](C)CO)OC(=O)c2ccccc2)c1C(=O)OCC[Si](C)(C)C. The highest BCUT2D eigenvalue weighted by molar-refractivity contribution is 6.76. The summed E-state index contributed by atoms with van der Waals surface area (Å²) in [6.45, 7) is 12.3. The Hall–Kier alpha value is -3.48. The molecule has 2 aromatic rings. The van der Waals surface area contributed by atoms with Gasteiger partial charge in [0.05, 0.1) is 25.4 Å². The second-order valence-electron chi connectivity index (χ2n) is 13.1. The molecule has 1 unspecified atom stereocenters. The zero-order valence-corrected chi connectivity index (χ0v) is 29.8. The van der Waals surface area contributed by atoms with Crippen molar-refractivity contribution in [1.82, 2.24) is 0 Å². The summed E-state index contributed by atoms with van der Waals surface area (Å²) < 4.78 is 40.6. The zero-order chi connectivity index (χ0) is 34.6. The standard InChI is InChI=1S/C36H50O10Si/c1-25(23-37)17-18-29(44-34(38)26-13-10-9-11-14-26)33-30(45-36(2,3)46-33)16-12-15-27-21-28(41-5)22-31(43-24-40-4)32(27)35(39)42-19-20-47(6,7)8/h9-15,17-18,21-22,25,29-30,33,37H,16,19-20,23-24H2,1-8H3/b15-12+,18-17-/t25-,29?,30-,33-/m1/s1. The molecule has 47 heavy (non-hydrogen) atoms. The topological polar surface area (TPSA) is 119 Å². The number of benzene rings is 2. The quantitative estimate of drug-likeness (QED) is 0.0864. The number of hydrogen-bond donors (Lipinski definition) is 1. The van der Waals surface area contributed by atoms with Gasteiger partial charge in [-0.25, -0.2) is 9.59 Å². The number of methoxy groups -OCH3 is 2. The Morgan fingerprint density at radius 2 is 1.77 bits per heavy atom. The molecule has 3 rings (SSSR count). The largest absolute Gasteiger partial charge is 0.497 e. The van der Waals surface area contributed by atoms with Crippen molar-refractivity contribution in [3.05, 3.63) is 77.4 Å². The van der Waals surface area contributed by atoms with Crippen LogP contribution >= 0.6 is 0 Å². The van der Waals surface area contributed by atoms with Crippen molar-refractivity contribution in [2.75, 3.05) is 34.2 Å². The minimum atomic E-state index is -1.43. The van der Waals surface area contributed by atoms with Crippen LogP contribution in [0.1, 0.15) is 53.5 Å². The molecule has 10 nitrogen and oxygen atoms in total. The van der Waals surface area contributed by atoms with E-state index in [0.717, 1.165) is 6.04 Å². The van der Waals surface area contributed by atoms with Crippen molar-refractivity contribution in [3.63, 3.8) is 0 Å². The summed E-state index contributed by atoms with van der Waals surface area (Å²) in [4.78, 5) is 26.5. The summed E-state index contributed by atoms with van der Waals surface area (Å²) in [5.41, 5.74) is 1.20. The third kappa shape index (κ3) is 11.9. The fraction of sp³-hybridized carbons (Fsp3) is 0.500. The molecular formula is C36H50O10Si. The summed E-state index contributed by atoms with van der Waals surface area (Å²) >= 11 is 0. The van der Waals surface area contributed by atoms with Crippen LogP contribution in [-0.4, -0.2) is 83.4 Å². The van der Waals surface area contributed by atoms with Crippen molar-refractivity contribution in [3.8, 4) is 11.5 Å². The molecule has 0 amide bonds. The van der Waals surface area contributed by atoms with E-state index >= 15 is 0 Å². The van der Waals surface area contributed by atoms with Crippen molar-refractivity contribution in [1.29, 1.82) is 0 Å². The Morgan fingerprint density at radius 3 is 2.40 bits per heavy atom. The Balaban J connectivity index is 1.92. The van der Waals surface area contributed by atoms with Gasteiger partial charge in [-0.1, -0.05) is 63.0 Å². The van der Waals surface area contributed by atoms with Gasteiger partial charge in [-0.05, 0) is 62.1 Å². The third-order valence-electron chi connectivity index (χ3n) is 7.34. The van der Waals surface area contributed by atoms with Crippen LogP contribution in [0.5, 0.6) is 11.5 Å². The number of esters is 2. The molecule has 1 aliphatic rings. The van der Waals surface area contributed by atoms with E-state index in [0.29, 0.717) is 29.9 Å². The van der Waals surface area contributed by atoms with Gasteiger partial charge >= 0.3 is 11.9 Å². The fourth-order valence-electron chi connectivity index (χ4n) is 4.83. The lowest BCUT2D eigenvalue weighted by atomic mass is 10.0. The fourth-order valence-corrected chi connectivity index (χ4v) is 5.55. The highest BCUT2D eigenvalue weighted by Gasteiger charge is 2.45. The predicted molar refractivity (Wildman–Crippen MR) is 182 cm³/mol. The van der Waals surface area contributed by atoms with E-state index < -0.39 is 44.1 Å². The smallest absolute Gasteiger partial charge is 0.342 e. The van der Waals surface area contributed by atoms with Crippen LogP contribution in [0.2, 0.25) is 25.7 Å². The molecule has 0 radical (unpaired) electrons. The first-order chi connectivity index (χ1) is 22.3. The summed E-state index contributed by atoms with van der Waals surface area (Å²) in [5.74, 6) is -1.36. The normalized spacial score (nSPS) is 19.1. The van der Waals surface area contributed by atoms with Crippen LogP contribution in [0, 0.1) is 5.92 Å². The number of hydrogen-bond acceptors (Lipinski definition) is 10. The molecular weight excluding hydrogens is 620 g/mol. The van der Waals surface area contributed by atoms with Gasteiger partial charge in [-0.3, -0.25) is 0 Å². The highest BCUT2D eigenvalue weighted by atomic mass is 28.3. The van der Waals surface area contributed by atoms with E-state index in [1.807, 2.05) is 19.1 Å². The number of carbonyl (C=O) groups excluding carboxylic acids is 2. The van der Waals surface area contributed by atoms with Crippen LogP contribution in [-0.2, 0) is 23.7 Å². The molecule has 0 bridgehead atoms. The van der Waals surface area contributed by atoms with Gasteiger partial charge in [0.15, 0.2) is 12.6 Å². The Kier molecular flexibility index (Phi) is 14.2. The summed E-state index contributed by atoms with van der Waals surface area (Å²) in [6.07, 6.45) is 5.55. The van der Waals surface area contributed by atoms with Crippen LogP contribution in [0.3, 0.4) is 0 Å². The molecule has 1 N–H and O–H groups in total. The molecule has 0 aromatic heterocycles. The summed E-state index contributed by atoms with van der Waals surface area (Å²) in [7, 11) is 1.60. The van der Waals surface area contributed by atoms with Crippen LogP contribution in [0.25, 0.3) is 6.08 Å². The third-order valence-corrected chi connectivity index (χ3v) is 9.05. The monoisotopic (exact) mass is 670 g/mol. The van der Waals surface area contributed by atoms with Crippen molar-refractivity contribution < 1.29 is 47.9 Å². The second-order valence-corrected chi connectivity index (χ2v) is 18.8. The maximum absolute atomic E-state index is 13.4. The molecule has 1 saturated heterocycles. The average molecular weight is 671 g/mol. The van der Waals surface area contributed by atoms with Crippen molar-refractivity contribution in [2.24, 2.45) is 5.92 Å². The molecule has 2 aromatic carbocycles. The minimum Gasteiger partial charge on any atom is -0.497 e. The van der Waals surface area contributed by atoms with E-state index in [1.54, 1.807) is 68.5 Å². The van der Waals surface area contributed by atoms with E-state index in [2.05, 4.69) is 19.6 Å². The molecule has 1 heterocycles. The minimum absolute atomic E-state index is 0.0604. The van der Waals surface area contributed by atoms with Gasteiger partial charge in [0, 0.05) is 27.9 Å². The zero-order valence-electron chi connectivity index (χ0n) is 28.8. The Bertz CT molecular complexity index is 1370. The Labute approximate surface area is 279 Å². The van der Waals surface area contributed by atoms with Crippen LogP contribution in [0.4, 0.5) is 0 Å². The Morgan fingerprint density at radius 1 is 1.04 bits per heavy atom. The average Bonchev–Trinajstić information content (AvgIpc) is 3.34. The molecule has 258 valence electrons. The molecule has 0 aliphatic carbocycles. The maximum Gasteiger partial charge on any atom is 0.342 e. The number of carbonyl (C=O) groups is 2. The van der Waals surface area contributed by atoms with E-state index in [1.165, 1.54) is 14.2 Å². The van der Waals surface area contributed by atoms with E-state index in [-0.39, 0.29) is 30.6 Å². The maximum atomic E-state index is 13.4. The van der Waals surface area contributed by atoms with Crippen molar-refractivity contribution in [2.45, 2.75) is 77.0 Å². The van der Waals surface area contributed by atoms with Gasteiger partial charge in [0.25, 0.3) is 0 Å². The highest BCUT2D eigenvalue weighted by Crippen LogP contribution is 2.35. The van der Waals surface area contributed by atoms with Gasteiger partial charge in [0.2, 0.25) is 0 Å². The second kappa shape index (κ2) is 17.6. The van der Waals surface area contributed by atoms with Gasteiger partial charge in [-0.15, -0.1) is 0 Å². The summed E-state index contributed by atoms with van der Waals surface area (Å²) in [5, 5.41) is 9.60. The molecule has 1 fully saturated rings. The molecule has 11 heteroatoms. The van der Waals surface area contributed by atoms with E-state index in [9.17, 15) is 14.7 Å². The first-order valence-electron chi connectivity index (χ1n) is 15.8. The first-order valence-corrected chi connectivity index (χ1v) is 19.6. The lowest BCUT2D eigenvalue weighted by Crippen LogP contribution is -2.37. The predicted octanol–water partition coefficient (Wildman–Crippen LogP) is 6.51. The van der Waals surface area contributed by atoms with Gasteiger partial charge < -0.3 is 38.3 Å². The molecule has 4 atom stereocenters. The molecule has 1 aliphatic heterocycles. The van der Waals surface area contributed by atoms with Gasteiger partial charge in [-0.2, -0.15) is 0 Å². The lowest BCUT2D eigenvalue weighted by Gasteiger charge is -2.24. The molecule has 0 saturated carbocycles. The van der Waals surface area contributed by atoms with E-state index in [4.69, 9.17) is 33.2 Å². The first kappa shape index (κ1) is 38.0. The number of aliphatic hydroxyl groups excluding tert-OH is 1. The van der Waals surface area contributed by atoms with Crippen LogP contribution < -0.4 is 9.47 Å².